The molecule has 0 fully saturated rings. The molecule has 264 valence electrons. The van der Waals surface area contributed by atoms with Crippen LogP contribution in [0.2, 0.25) is 32.7 Å². The molecule has 0 aliphatic carbocycles. The fourth-order valence-electron chi connectivity index (χ4n) is 6.40. The molecule has 0 unspecified atom stereocenters. The van der Waals surface area contributed by atoms with Crippen molar-refractivity contribution < 1.29 is 0 Å². The van der Waals surface area contributed by atoms with Crippen LogP contribution in [-0.4, -0.2) is 25.8 Å². The second-order valence-electron chi connectivity index (χ2n) is 12.8. The molecule has 52 heavy (non-hydrogen) atoms. The Bertz CT molecular complexity index is 1680. The van der Waals surface area contributed by atoms with Crippen molar-refractivity contribution in [1.29, 1.82) is 10.8 Å². The van der Waals surface area contributed by atoms with Gasteiger partial charge in [-0.25, -0.2) is 0 Å². The number of halogens is 4. The molecule has 2 N–H and O–H groups in total. The predicted octanol–water partition coefficient (Wildman–Crippen LogP) is 13.2. The van der Waals surface area contributed by atoms with Gasteiger partial charge in [0.1, 0.15) is 0 Å². The molecule has 0 aliphatic rings. The van der Waals surface area contributed by atoms with E-state index in [4.69, 9.17) is 46.4 Å². The van der Waals surface area contributed by atoms with Gasteiger partial charge in [-0.2, -0.15) is 0 Å². The van der Waals surface area contributed by atoms with Gasteiger partial charge in [0.25, 0.3) is 0 Å². The van der Waals surface area contributed by atoms with Gasteiger partial charge in [-0.15, -0.1) is 26.3 Å². The van der Waals surface area contributed by atoms with Crippen LogP contribution in [0.25, 0.3) is 0 Å². The van der Waals surface area contributed by atoms with E-state index in [2.05, 4.69) is 26.3 Å². The van der Waals surface area contributed by atoms with E-state index in [0.717, 1.165) is 70.0 Å². The zero-order chi connectivity index (χ0) is 37.6. The second-order valence-corrected chi connectivity index (χ2v) is 14.5. The van der Waals surface area contributed by atoms with E-state index < -0.39 is 0 Å². The van der Waals surface area contributed by atoms with Gasteiger partial charge in [-0.3, -0.25) is 0 Å². The van der Waals surface area contributed by atoms with E-state index >= 15 is 0 Å². The van der Waals surface area contributed by atoms with E-state index in [1.54, 1.807) is 0 Å². The summed E-state index contributed by atoms with van der Waals surface area (Å²) >= 11 is 26.7. The summed E-state index contributed by atoms with van der Waals surface area (Å²) < 4.78 is 0. The number of hydrogen-bond donors (Lipinski definition) is 2. The third-order valence-electron chi connectivity index (χ3n) is 9.11. The first-order valence-electron chi connectivity index (χ1n) is 17.5. The molecule has 4 aromatic rings. The first-order chi connectivity index (χ1) is 25.1. The summed E-state index contributed by atoms with van der Waals surface area (Å²) in [5.74, 6) is -0.638. The molecule has 2 radical (unpaired) electrons. The van der Waals surface area contributed by atoms with Crippen molar-refractivity contribution in [3.63, 3.8) is 0 Å². The summed E-state index contributed by atoms with van der Waals surface area (Å²) in [6.07, 6.45) is 13.2. The van der Waals surface area contributed by atoms with Crippen molar-refractivity contribution in [2.24, 2.45) is 0 Å². The SMILES string of the molecule is C=CCc1ccc(C(C(=N)[B]CCCC[B]C(=N)C(c2ccc(CC=C)c(Cl)c2)c2ccc(CC=C)c(Cl)c2)c2ccc(CC=C)c(Cl)c2)cc1Cl. The van der Waals surface area contributed by atoms with Crippen LogP contribution in [0.4, 0.5) is 0 Å². The van der Waals surface area contributed by atoms with Gasteiger partial charge in [0.05, 0.1) is 0 Å². The Kier molecular flexibility index (Phi) is 16.4. The highest BCUT2D eigenvalue weighted by atomic mass is 35.5. The lowest BCUT2D eigenvalue weighted by Gasteiger charge is -2.22. The Morgan fingerprint density at radius 2 is 0.731 bits per heavy atom. The van der Waals surface area contributed by atoms with Crippen LogP contribution in [0.5, 0.6) is 0 Å². The summed E-state index contributed by atoms with van der Waals surface area (Å²) in [7, 11) is 3.99. The largest absolute Gasteiger partial charge is 0.319 e. The summed E-state index contributed by atoms with van der Waals surface area (Å²) in [5.41, 5.74) is 8.74. The lowest BCUT2D eigenvalue weighted by molar-refractivity contribution is 0.875. The maximum absolute atomic E-state index is 9.20. The van der Waals surface area contributed by atoms with Crippen molar-refractivity contribution in [3.05, 3.63) is 188 Å². The molecule has 0 bridgehead atoms. The van der Waals surface area contributed by atoms with E-state index in [1.807, 2.05) is 112 Å². The summed E-state index contributed by atoms with van der Waals surface area (Å²) in [6.45, 7) is 15.4. The highest BCUT2D eigenvalue weighted by molar-refractivity contribution is 6.76. The number of benzene rings is 4. The number of rotatable bonds is 21. The van der Waals surface area contributed by atoms with Crippen LogP contribution in [0.3, 0.4) is 0 Å². The lowest BCUT2D eigenvalue weighted by atomic mass is 9.59. The van der Waals surface area contributed by atoms with Crippen LogP contribution in [-0.2, 0) is 25.7 Å². The van der Waals surface area contributed by atoms with Crippen LogP contribution in [0, 0.1) is 10.8 Å². The minimum atomic E-state index is -0.319. The number of hydrogen-bond acceptors (Lipinski definition) is 2. The molecule has 4 aromatic carbocycles. The van der Waals surface area contributed by atoms with Gasteiger partial charge in [-0.05, 0) is 106 Å². The molecular weight excluding hydrogens is 720 g/mol. The van der Waals surface area contributed by atoms with Gasteiger partial charge in [0, 0.05) is 31.9 Å². The summed E-state index contributed by atoms with van der Waals surface area (Å²) in [5, 5.41) is 21.0. The zero-order valence-electron chi connectivity index (χ0n) is 29.5. The van der Waals surface area contributed by atoms with Crippen molar-refractivity contribution >= 4 is 72.2 Å². The van der Waals surface area contributed by atoms with Crippen LogP contribution < -0.4 is 0 Å². The van der Waals surface area contributed by atoms with Crippen LogP contribution in [0.1, 0.15) is 69.2 Å². The van der Waals surface area contributed by atoms with Crippen molar-refractivity contribution in [3.8, 4) is 0 Å². The highest BCUT2D eigenvalue weighted by Crippen LogP contribution is 2.34. The molecular formula is C44H44B2Cl4N2. The second kappa shape index (κ2) is 20.6. The van der Waals surface area contributed by atoms with Gasteiger partial charge < -0.3 is 10.8 Å². The fraction of sp³-hybridized carbons (Fsp3) is 0.227. The average molecular weight is 764 g/mol. The molecule has 4 rings (SSSR count). The Morgan fingerprint density at radius 3 is 0.942 bits per heavy atom. The molecule has 0 amide bonds. The smallest absolute Gasteiger partial charge is 0.172 e. The summed E-state index contributed by atoms with van der Waals surface area (Å²) in [4.78, 5) is 0. The molecule has 0 aliphatic heterocycles. The summed E-state index contributed by atoms with van der Waals surface area (Å²) in [6, 6.07) is 24.0. The Balaban J connectivity index is 1.44. The van der Waals surface area contributed by atoms with Crippen molar-refractivity contribution in [2.75, 3.05) is 0 Å². The van der Waals surface area contributed by atoms with E-state index in [0.29, 0.717) is 57.0 Å². The zero-order valence-corrected chi connectivity index (χ0v) is 32.6. The minimum Gasteiger partial charge on any atom is -0.319 e. The monoisotopic (exact) mass is 762 g/mol. The highest BCUT2D eigenvalue weighted by Gasteiger charge is 2.23. The average Bonchev–Trinajstić information content (AvgIpc) is 3.11. The Labute approximate surface area is 332 Å². The lowest BCUT2D eigenvalue weighted by Crippen LogP contribution is -2.21. The van der Waals surface area contributed by atoms with E-state index in [1.165, 1.54) is 0 Å². The predicted molar refractivity (Wildman–Crippen MR) is 231 cm³/mol. The topological polar surface area (TPSA) is 47.7 Å². The first-order valence-corrected chi connectivity index (χ1v) is 19.0. The van der Waals surface area contributed by atoms with Gasteiger partial charge in [-0.1, -0.05) is 145 Å². The van der Waals surface area contributed by atoms with E-state index in [-0.39, 0.29) is 11.8 Å². The molecule has 8 heteroatoms. The molecule has 0 saturated heterocycles. The van der Waals surface area contributed by atoms with Crippen molar-refractivity contribution in [1.82, 2.24) is 0 Å². The minimum absolute atomic E-state index is 0.319. The molecule has 0 atom stereocenters. The molecule has 0 aromatic heterocycles. The molecule has 2 nitrogen and oxygen atoms in total. The van der Waals surface area contributed by atoms with Gasteiger partial charge in [0.2, 0.25) is 0 Å². The molecule has 0 heterocycles. The van der Waals surface area contributed by atoms with Gasteiger partial charge >= 0.3 is 0 Å². The molecule has 0 saturated carbocycles. The third-order valence-corrected chi connectivity index (χ3v) is 10.5. The van der Waals surface area contributed by atoms with Crippen LogP contribution >= 0.6 is 46.4 Å². The number of unbranched alkanes of at least 4 members (excludes halogenated alkanes) is 1. The Morgan fingerprint density at radius 1 is 0.481 bits per heavy atom. The normalized spacial score (nSPS) is 11.0. The standard InChI is InChI=1S/C44H44B2Cl4N2/c1-5-11-29-15-19-33(25-37(29)47)41(34-20-16-30(12-6-2)38(48)26-34)43(51)45-23-9-10-24-46-44(52)42(35-21-17-31(13-7-3)39(49)27-35)36-22-18-32(14-8-4)40(50)28-36/h5-8,15-22,25-28,41-42,51-52H,1-4,9-14,23-24H2. The Hall–Kier alpha value is -3.53. The number of allylic oxidation sites excluding steroid dienone is 4. The van der Waals surface area contributed by atoms with Crippen molar-refractivity contribution in [2.45, 2.75) is 63.0 Å². The van der Waals surface area contributed by atoms with Crippen LogP contribution in [0.15, 0.2) is 123 Å². The quantitative estimate of drug-likeness (QED) is 0.0367. The maximum atomic E-state index is 9.20. The van der Waals surface area contributed by atoms with E-state index in [9.17, 15) is 10.8 Å². The maximum Gasteiger partial charge on any atom is 0.172 e. The molecule has 0 spiro atoms. The van der Waals surface area contributed by atoms with Gasteiger partial charge in [0.15, 0.2) is 14.6 Å². The number of nitrogens with one attached hydrogen (secondary N) is 2. The fourth-order valence-corrected chi connectivity index (χ4v) is 7.46. The first kappa shape index (κ1) is 41.2. The third kappa shape index (κ3) is 11.0.